The zero-order valence-corrected chi connectivity index (χ0v) is 8.73. The van der Waals surface area contributed by atoms with Crippen molar-refractivity contribution >= 4 is 23.5 Å². The number of likely N-dealkylation sites (tertiary alicyclic amines) is 1. The second-order valence-electron chi connectivity index (χ2n) is 3.23. The van der Waals surface area contributed by atoms with E-state index >= 15 is 0 Å². The summed E-state index contributed by atoms with van der Waals surface area (Å²) in [5.41, 5.74) is 0. The van der Waals surface area contributed by atoms with Crippen LogP contribution in [0.5, 0.6) is 0 Å². The fourth-order valence-electron chi connectivity index (χ4n) is 1.39. The third-order valence-electron chi connectivity index (χ3n) is 2.09. The summed E-state index contributed by atoms with van der Waals surface area (Å²) in [5, 5.41) is 0. The summed E-state index contributed by atoms with van der Waals surface area (Å²) in [6, 6.07) is 0. The van der Waals surface area contributed by atoms with Gasteiger partial charge in [-0.3, -0.25) is 9.59 Å². The maximum Gasteiger partial charge on any atom is 0.230 e. The van der Waals surface area contributed by atoms with Gasteiger partial charge in [-0.15, -0.1) is 0 Å². The number of nitrogens with zero attached hydrogens (tertiary/aromatic N) is 1. The fraction of sp³-hybridized carbons (Fsp3) is 0.778. The lowest BCUT2D eigenvalue weighted by atomic mass is 10.3. The highest BCUT2D eigenvalue weighted by Crippen LogP contribution is 2.08. The molecule has 0 aromatic heterocycles. The van der Waals surface area contributed by atoms with E-state index < -0.39 is 0 Å². The van der Waals surface area contributed by atoms with Crippen molar-refractivity contribution in [3.63, 3.8) is 0 Å². The fourth-order valence-corrected chi connectivity index (χ4v) is 1.88. The van der Waals surface area contributed by atoms with Crippen molar-refractivity contribution in [2.75, 3.05) is 25.1 Å². The third-order valence-corrected chi connectivity index (χ3v) is 2.79. The van der Waals surface area contributed by atoms with Crippen LogP contribution in [0, 0.1) is 0 Å². The van der Waals surface area contributed by atoms with Crippen molar-refractivity contribution in [1.82, 2.24) is 4.90 Å². The van der Waals surface area contributed by atoms with Crippen LogP contribution in [0.25, 0.3) is 0 Å². The Morgan fingerprint density at radius 2 is 2.15 bits per heavy atom. The highest BCUT2D eigenvalue weighted by Gasteiger charge is 2.26. The Bertz CT molecular complexity index is 206. The van der Waals surface area contributed by atoms with E-state index in [0.717, 1.165) is 25.1 Å². The molecule has 1 saturated heterocycles. The van der Waals surface area contributed by atoms with Crippen LogP contribution in [0.1, 0.15) is 19.3 Å². The van der Waals surface area contributed by atoms with E-state index in [1.165, 1.54) is 0 Å². The lowest BCUT2D eigenvalue weighted by molar-refractivity contribution is -0.127. The van der Waals surface area contributed by atoms with Crippen molar-refractivity contribution in [3.8, 4) is 0 Å². The first-order valence-electron chi connectivity index (χ1n) is 4.52. The van der Waals surface area contributed by atoms with Crippen LogP contribution in [-0.4, -0.2) is 41.7 Å². The van der Waals surface area contributed by atoms with E-state index in [9.17, 15) is 9.59 Å². The zero-order valence-electron chi connectivity index (χ0n) is 7.91. The molecule has 0 saturated carbocycles. The Morgan fingerprint density at radius 1 is 1.38 bits per heavy atom. The van der Waals surface area contributed by atoms with Gasteiger partial charge in [-0.25, -0.2) is 0 Å². The molecule has 0 radical (unpaired) electrons. The van der Waals surface area contributed by atoms with Gasteiger partial charge in [0.1, 0.15) is 0 Å². The molecule has 0 N–H and O–H groups in total. The molecule has 0 aliphatic carbocycles. The Kier molecular flexibility index (Phi) is 4.28. The van der Waals surface area contributed by atoms with Gasteiger partial charge in [0.05, 0.1) is 13.0 Å². The summed E-state index contributed by atoms with van der Waals surface area (Å²) in [4.78, 5) is 23.7. The number of unbranched alkanes of at least 4 members (excludes halogenated alkanes) is 1. The predicted octanol–water partition coefficient (Wildman–Crippen LogP) is 0.931. The molecule has 74 valence electrons. The van der Waals surface area contributed by atoms with E-state index in [4.69, 9.17) is 0 Å². The van der Waals surface area contributed by atoms with Gasteiger partial charge in [0.2, 0.25) is 5.91 Å². The number of amides is 1. The molecule has 1 fully saturated rings. The first-order valence-corrected chi connectivity index (χ1v) is 5.92. The molecule has 13 heavy (non-hydrogen) atoms. The first-order chi connectivity index (χ1) is 6.24. The molecular formula is C9H15NO2S. The molecule has 0 spiro atoms. The standard InChI is InChI=1S/C9H15NO2S/c1-13-5-3-2-4-10-7-8(11)6-9(10)12/h2-7H2,1H3. The monoisotopic (exact) mass is 201 g/mol. The normalized spacial score (nSPS) is 17.2. The largest absolute Gasteiger partial charge is 0.335 e. The average Bonchev–Trinajstić information content (AvgIpc) is 2.39. The van der Waals surface area contributed by atoms with Crippen molar-refractivity contribution in [2.45, 2.75) is 19.3 Å². The van der Waals surface area contributed by atoms with E-state index in [1.807, 2.05) is 11.8 Å². The smallest absolute Gasteiger partial charge is 0.230 e. The number of Topliss-reactive ketones (excluding diaryl/α,β-unsaturated/α-hetero) is 1. The van der Waals surface area contributed by atoms with Crippen molar-refractivity contribution in [3.05, 3.63) is 0 Å². The summed E-state index contributed by atoms with van der Waals surface area (Å²) >= 11 is 1.82. The maximum atomic E-state index is 11.1. The van der Waals surface area contributed by atoms with E-state index in [0.29, 0.717) is 6.54 Å². The molecule has 0 aromatic rings. The molecular weight excluding hydrogens is 186 g/mol. The van der Waals surface area contributed by atoms with E-state index in [2.05, 4.69) is 6.26 Å². The number of thioether (sulfide) groups is 1. The summed E-state index contributed by atoms with van der Waals surface area (Å²) in [5.74, 6) is 1.21. The third kappa shape index (κ3) is 3.38. The molecule has 1 amide bonds. The number of hydrogen-bond donors (Lipinski definition) is 0. The van der Waals surface area contributed by atoms with E-state index in [1.54, 1.807) is 4.90 Å². The molecule has 0 atom stereocenters. The highest BCUT2D eigenvalue weighted by molar-refractivity contribution is 7.98. The average molecular weight is 201 g/mol. The molecule has 1 rings (SSSR count). The van der Waals surface area contributed by atoms with Crippen molar-refractivity contribution < 1.29 is 9.59 Å². The first kappa shape index (κ1) is 10.6. The van der Waals surface area contributed by atoms with E-state index in [-0.39, 0.29) is 18.1 Å². The number of hydrogen-bond acceptors (Lipinski definition) is 3. The highest BCUT2D eigenvalue weighted by atomic mass is 32.2. The van der Waals surface area contributed by atoms with Crippen LogP contribution in [0.4, 0.5) is 0 Å². The lowest BCUT2D eigenvalue weighted by Crippen LogP contribution is -2.26. The lowest BCUT2D eigenvalue weighted by Gasteiger charge is -2.13. The molecule has 0 bridgehead atoms. The summed E-state index contributed by atoms with van der Waals surface area (Å²) in [6.45, 7) is 1.10. The SMILES string of the molecule is CSCCCCN1CC(=O)CC1=O. The minimum absolute atomic E-state index is 0.00847. The molecule has 1 aliphatic heterocycles. The minimum atomic E-state index is 0.00847. The van der Waals surface area contributed by atoms with Crippen LogP contribution >= 0.6 is 11.8 Å². The number of ketones is 1. The van der Waals surface area contributed by atoms with Crippen LogP contribution in [0.3, 0.4) is 0 Å². The molecule has 3 nitrogen and oxygen atoms in total. The number of carbonyl (C=O) groups is 2. The number of rotatable bonds is 5. The van der Waals surface area contributed by atoms with Crippen LogP contribution in [0.15, 0.2) is 0 Å². The Labute approximate surface area is 82.9 Å². The summed E-state index contributed by atoms with van der Waals surface area (Å²) < 4.78 is 0. The van der Waals surface area contributed by atoms with Crippen molar-refractivity contribution in [2.24, 2.45) is 0 Å². The van der Waals surface area contributed by atoms with Gasteiger partial charge < -0.3 is 4.90 Å². The molecule has 0 unspecified atom stereocenters. The van der Waals surface area contributed by atoms with Gasteiger partial charge in [-0.1, -0.05) is 0 Å². The predicted molar refractivity (Wildman–Crippen MR) is 53.8 cm³/mol. The van der Waals surface area contributed by atoms with Gasteiger partial charge in [-0.2, -0.15) is 11.8 Å². The summed E-state index contributed by atoms with van der Waals surface area (Å²) in [7, 11) is 0. The second kappa shape index (κ2) is 5.27. The number of carbonyl (C=O) groups excluding carboxylic acids is 2. The molecule has 1 aliphatic rings. The van der Waals surface area contributed by atoms with Gasteiger partial charge in [0.25, 0.3) is 0 Å². The van der Waals surface area contributed by atoms with Crippen LogP contribution < -0.4 is 0 Å². The quantitative estimate of drug-likeness (QED) is 0.490. The Morgan fingerprint density at radius 3 is 2.69 bits per heavy atom. The van der Waals surface area contributed by atoms with Gasteiger partial charge in [-0.05, 0) is 24.9 Å². The minimum Gasteiger partial charge on any atom is -0.335 e. The Balaban J connectivity index is 2.14. The molecule has 4 heteroatoms. The van der Waals surface area contributed by atoms with Crippen LogP contribution in [-0.2, 0) is 9.59 Å². The summed E-state index contributed by atoms with van der Waals surface area (Å²) in [6.07, 6.45) is 4.34. The van der Waals surface area contributed by atoms with Crippen molar-refractivity contribution in [1.29, 1.82) is 0 Å². The Hall–Kier alpha value is -0.510. The molecule has 0 aromatic carbocycles. The van der Waals surface area contributed by atoms with Gasteiger partial charge >= 0.3 is 0 Å². The van der Waals surface area contributed by atoms with Gasteiger partial charge in [0, 0.05) is 6.54 Å². The second-order valence-corrected chi connectivity index (χ2v) is 4.22. The van der Waals surface area contributed by atoms with Crippen LogP contribution in [0.2, 0.25) is 0 Å². The topological polar surface area (TPSA) is 37.4 Å². The molecule has 1 heterocycles. The van der Waals surface area contributed by atoms with Gasteiger partial charge in [0.15, 0.2) is 5.78 Å². The maximum absolute atomic E-state index is 11.1. The zero-order chi connectivity index (χ0) is 9.68.